The Morgan fingerprint density at radius 3 is 1.02 bits per heavy atom. The van der Waals surface area contributed by atoms with Gasteiger partial charge in [-0.15, -0.1) is 0 Å². The number of benzene rings is 6. The fourth-order valence-electron chi connectivity index (χ4n) is 11.0. The first kappa shape index (κ1) is 34.5. The standard InChI is InChI=1S/C48H46Cl2P2/c1-33-27-39-43-41(29-33)51(35-19-11-7-12-20-35,36-21-13-8-14-22-36)48(49,50)52(37-23-15-9-16-24-37,38-25-17-10-18-26-38)42-30-34(2)28-40-44(42)47(43,31-45(39,3)4)32-46(40,5)6/h7-30H,31-32H2,1-6H3/q+2. The summed E-state index contributed by atoms with van der Waals surface area (Å²) in [6.07, 6.45) is 2.09. The van der Waals surface area contributed by atoms with E-state index in [2.05, 4.69) is 187 Å². The van der Waals surface area contributed by atoms with E-state index in [9.17, 15) is 0 Å². The molecule has 6 aromatic rings. The van der Waals surface area contributed by atoms with E-state index in [1.807, 2.05) is 0 Å². The molecule has 0 amide bonds. The smallest absolute Gasteiger partial charge is 0.0620 e. The Balaban J connectivity index is 1.66. The number of hydrogen-bond donors (Lipinski definition) is 0. The van der Waals surface area contributed by atoms with Crippen molar-refractivity contribution >= 4 is 69.6 Å². The molecule has 2 aliphatic carbocycles. The van der Waals surface area contributed by atoms with Crippen molar-refractivity contribution in [3.63, 3.8) is 0 Å². The SMILES string of the molecule is Cc1cc2c3c(c1)[P+](c1ccccc1)(c1ccccc1)C(Cl)(Cl)[P+](c1ccccc1)(c1ccccc1)c1cc(C)cc4c1C3(CC2(C)C)CC4(C)C. The molecule has 52 heavy (non-hydrogen) atoms. The van der Waals surface area contributed by atoms with Gasteiger partial charge in [-0.2, -0.15) is 0 Å². The molecule has 0 saturated heterocycles. The van der Waals surface area contributed by atoms with Crippen molar-refractivity contribution in [3.8, 4) is 0 Å². The molecule has 0 fully saturated rings. The second-order valence-corrected chi connectivity index (χ2v) is 26.6. The minimum absolute atomic E-state index is 0.0643. The van der Waals surface area contributed by atoms with E-state index in [1.165, 1.54) is 65.2 Å². The average Bonchev–Trinajstić information content (AvgIpc) is 3.48. The predicted molar refractivity (Wildman–Crippen MR) is 230 cm³/mol. The van der Waals surface area contributed by atoms with Crippen LogP contribution in [0.3, 0.4) is 0 Å². The predicted octanol–water partition coefficient (Wildman–Crippen LogP) is 10.6. The summed E-state index contributed by atoms with van der Waals surface area (Å²) in [6, 6.07) is 54.7. The van der Waals surface area contributed by atoms with Gasteiger partial charge in [-0.3, -0.25) is 0 Å². The Bertz CT molecular complexity index is 2100. The van der Waals surface area contributed by atoms with E-state index in [4.69, 9.17) is 23.2 Å². The van der Waals surface area contributed by atoms with Crippen LogP contribution in [0.2, 0.25) is 0 Å². The number of hydrogen-bond acceptors (Lipinski definition) is 0. The van der Waals surface area contributed by atoms with E-state index in [1.54, 1.807) is 0 Å². The molecule has 9 rings (SSSR count). The molecule has 260 valence electrons. The molecule has 0 atom stereocenters. The van der Waals surface area contributed by atoms with Crippen molar-refractivity contribution < 1.29 is 0 Å². The first-order valence-electron chi connectivity index (χ1n) is 18.5. The maximum atomic E-state index is 9.04. The van der Waals surface area contributed by atoms with Crippen LogP contribution in [0.4, 0.5) is 0 Å². The van der Waals surface area contributed by atoms with Gasteiger partial charge in [-0.05, 0) is 144 Å². The average molecular weight is 756 g/mol. The normalized spacial score (nSPS) is 20.3. The van der Waals surface area contributed by atoms with Crippen LogP contribution >= 0.6 is 37.7 Å². The van der Waals surface area contributed by atoms with Gasteiger partial charge in [-0.1, -0.05) is 113 Å². The van der Waals surface area contributed by atoms with Crippen molar-refractivity contribution in [2.75, 3.05) is 0 Å². The maximum absolute atomic E-state index is 9.04. The summed E-state index contributed by atoms with van der Waals surface area (Å²) in [7, 11) is -5.97. The van der Waals surface area contributed by atoms with E-state index in [-0.39, 0.29) is 16.2 Å². The van der Waals surface area contributed by atoms with Gasteiger partial charge in [-0.25, -0.2) is 0 Å². The van der Waals surface area contributed by atoms with Crippen molar-refractivity contribution in [1.29, 1.82) is 0 Å². The lowest BCUT2D eigenvalue weighted by molar-refractivity contribution is 0.351. The van der Waals surface area contributed by atoms with E-state index < -0.39 is 18.3 Å². The molecule has 3 aliphatic rings. The monoisotopic (exact) mass is 754 g/mol. The Kier molecular flexibility index (Phi) is 7.72. The van der Waals surface area contributed by atoms with Crippen LogP contribution in [0, 0.1) is 13.8 Å². The lowest BCUT2D eigenvalue weighted by Crippen LogP contribution is -2.54. The van der Waals surface area contributed by atoms with Gasteiger partial charge in [0, 0.05) is 16.5 Å². The first-order valence-corrected chi connectivity index (χ1v) is 22.9. The molecule has 1 aliphatic heterocycles. The molecule has 4 heteroatoms. The van der Waals surface area contributed by atoms with Crippen LogP contribution in [-0.4, -0.2) is 3.82 Å². The van der Waals surface area contributed by atoms with Gasteiger partial charge in [0.1, 0.15) is 31.8 Å². The van der Waals surface area contributed by atoms with Crippen LogP contribution in [-0.2, 0) is 16.2 Å². The van der Waals surface area contributed by atoms with Crippen LogP contribution in [0.5, 0.6) is 0 Å². The fraction of sp³-hybridized carbons (Fsp3) is 0.250. The Labute approximate surface area is 321 Å². The summed E-state index contributed by atoms with van der Waals surface area (Å²) in [6.45, 7) is 14.5. The number of aryl methyl sites for hydroxylation is 2. The third kappa shape index (κ3) is 4.31. The van der Waals surface area contributed by atoms with Crippen LogP contribution in [0.1, 0.15) is 73.9 Å². The molecule has 1 spiro atoms. The topological polar surface area (TPSA) is 0 Å². The summed E-state index contributed by atoms with van der Waals surface area (Å²) in [4.78, 5) is 0. The van der Waals surface area contributed by atoms with Gasteiger partial charge >= 0.3 is 3.82 Å². The Morgan fingerprint density at radius 2 is 0.731 bits per heavy atom. The highest BCUT2D eigenvalue weighted by atomic mass is 35.5. The third-order valence-electron chi connectivity index (χ3n) is 12.5. The van der Waals surface area contributed by atoms with Crippen molar-refractivity contribution in [2.24, 2.45) is 0 Å². The van der Waals surface area contributed by atoms with Crippen LogP contribution < -0.4 is 31.8 Å². The van der Waals surface area contributed by atoms with Gasteiger partial charge in [0.15, 0.2) is 14.5 Å². The van der Waals surface area contributed by atoms with Crippen LogP contribution in [0.25, 0.3) is 0 Å². The molecule has 0 nitrogen and oxygen atoms in total. The zero-order valence-corrected chi connectivity index (χ0v) is 34.2. The van der Waals surface area contributed by atoms with Gasteiger partial charge in [0.05, 0.1) is 0 Å². The molecule has 0 N–H and O–H groups in total. The molecule has 1 heterocycles. The summed E-state index contributed by atoms with van der Waals surface area (Å²) < 4.78 is -1.31. The molecule has 0 radical (unpaired) electrons. The maximum Gasteiger partial charge on any atom is 0.350 e. The van der Waals surface area contributed by atoms with Crippen molar-refractivity contribution in [3.05, 3.63) is 179 Å². The van der Waals surface area contributed by atoms with Gasteiger partial charge in [0.25, 0.3) is 0 Å². The highest BCUT2D eigenvalue weighted by Crippen LogP contribution is 2.89. The Hall–Kier alpha value is -3.24. The van der Waals surface area contributed by atoms with E-state index >= 15 is 0 Å². The lowest BCUT2D eigenvalue weighted by atomic mass is 9.72. The Morgan fingerprint density at radius 1 is 0.442 bits per heavy atom. The summed E-state index contributed by atoms with van der Waals surface area (Å²) >= 11 is 18.1. The third-order valence-corrected chi connectivity index (χ3v) is 25.4. The molecule has 0 unspecified atom stereocenters. The number of halogens is 2. The summed E-state index contributed by atoms with van der Waals surface area (Å²) in [5.41, 5.74) is 8.09. The minimum Gasteiger partial charge on any atom is -0.0620 e. The highest BCUT2D eigenvalue weighted by Gasteiger charge is 2.82. The zero-order valence-electron chi connectivity index (χ0n) is 30.9. The van der Waals surface area contributed by atoms with E-state index in [0.717, 1.165) is 12.8 Å². The van der Waals surface area contributed by atoms with E-state index in [0.29, 0.717) is 0 Å². The largest absolute Gasteiger partial charge is 0.350 e. The number of rotatable bonds is 4. The fourth-order valence-corrected chi connectivity index (χ4v) is 26.4. The van der Waals surface area contributed by atoms with Crippen molar-refractivity contribution in [2.45, 2.75) is 74.4 Å². The van der Waals surface area contributed by atoms with Crippen LogP contribution in [0.15, 0.2) is 146 Å². The zero-order chi connectivity index (χ0) is 36.3. The minimum atomic E-state index is -2.98. The first-order chi connectivity index (χ1) is 24.8. The second kappa shape index (κ2) is 11.6. The van der Waals surface area contributed by atoms with Crippen molar-refractivity contribution in [1.82, 2.24) is 0 Å². The molecule has 0 saturated carbocycles. The quantitative estimate of drug-likeness (QED) is 0.124. The molecule has 0 bridgehead atoms. The summed E-state index contributed by atoms with van der Waals surface area (Å²) in [5, 5.41) is 7.63. The second-order valence-electron chi connectivity index (χ2n) is 16.8. The molecular weight excluding hydrogens is 709 g/mol. The molecule has 0 aromatic heterocycles. The number of alkyl halides is 2. The van der Waals surface area contributed by atoms with Gasteiger partial charge < -0.3 is 0 Å². The van der Waals surface area contributed by atoms with Gasteiger partial charge in [0.2, 0.25) is 0 Å². The molecular formula is C48H46Cl2P2+2. The summed E-state index contributed by atoms with van der Waals surface area (Å²) in [5.74, 6) is 0. The molecule has 6 aromatic carbocycles. The highest BCUT2D eigenvalue weighted by molar-refractivity contribution is 8.15. The lowest BCUT2D eigenvalue weighted by Gasteiger charge is -2.47.